The Morgan fingerprint density at radius 2 is 1.74 bits per heavy atom. The van der Waals surface area contributed by atoms with E-state index in [0.717, 1.165) is 28.9 Å². The molecular weight excluding hydrogens is 496 g/mol. The van der Waals surface area contributed by atoms with Gasteiger partial charge in [0.2, 0.25) is 0 Å². The number of benzene rings is 2. The highest BCUT2D eigenvalue weighted by Crippen LogP contribution is 2.54. The first-order valence-electron chi connectivity index (χ1n) is 13.3. The van der Waals surface area contributed by atoms with Gasteiger partial charge in [0.05, 0.1) is 17.1 Å². The standard InChI is InChI=1S/C31H36N2O6/c1-30(2,3)14-33-18-7-5-15(6-8-18)19-9-10-21(34)24-20(19)12-16-11-17-13-22(35)26(29(32)38)31(4,39)25(17)28(37)23(16)27(24)36/h5-10,16-17,25,33-36,39H,11-14H2,1-4H3,(H2,32,38)/t16?,17?,25?,31-/m1/s1. The van der Waals surface area contributed by atoms with E-state index >= 15 is 0 Å². The molecule has 3 aliphatic carbocycles. The Labute approximate surface area is 227 Å². The minimum Gasteiger partial charge on any atom is -0.512 e. The number of allylic oxidation sites excluding steroid dienone is 2. The number of anilines is 1. The van der Waals surface area contributed by atoms with E-state index in [0.29, 0.717) is 12.8 Å². The predicted molar refractivity (Wildman–Crippen MR) is 149 cm³/mol. The number of phenolic OH excluding ortho intramolecular Hbond substituents is 1. The number of ketones is 1. The second-order valence-corrected chi connectivity index (χ2v) is 12.5. The number of hydrogen-bond acceptors (Lipinski definition) is 7. The molecule has 0 bridgehead atoms. The topological polar surface area (TPSA) is 153 Å². The Balaban J connectivity index is 1.55. The zero-order chi connectivity index (χ0) is 28.4. The van der Waals surface area contributed by atoms with E-state index < -0.39 is 29.1 Å². The van der Waals surface area contributed by atoms with E-state index in [1.54, 1.807) is 0 Å². The molecule has 4 atom stereocenters. The summed E-state index contributed by atoms with van der Waals surface area (Å²) in [4.78, 5) is 25.8. The fourth-order valence-electron chi connectivity index (χ4n) is 6.70. The number of amides is 1. The van der Waals surface area contributed by atoms with Crippen molar-refractivity contribution >= 4 is 23.1 Å². The van der Waals surface area contributed by atoms with Crippen molar-refractivity contribution in [1.82, 2.24) is 0 Å². The molecule has 2 aromatic carbocycles. The van der Waals surface area contributed by atoms with Crippen LogP contribution in [-0.2, 0) is 16.0 Å². The predicted octanol–water partition coefficient (Wildman–Crippen LogP) is 4.62. The number of aromatic hydroxyl groups is 1. The molecule has 5 rings (SSSR count). The Bertz CT molecular complexity index is 1430. The lowest BCUT2D eigenvalue weighted by Crippen LogP contribution is -2.55. The molecule has 0 aromatic heterocycles. The maximum atomic E-state index is 13.8. The lowest BCUT2D eigenvalue weighted by Gasteiger charge is -2.48. The summed E-state index contributed by atoms with van der Waals surface area (Å²) in [6, 6.07) is 11.3. The SMILES string of the molecule is CC(C)(C)CNc1ccc(-c2ccc(O)c3c2CC2CC4CC(O)=C(C(N)=O)[C@](C)(O)C4C(=O)C2=C3O)cc1. The summed E-state index contributed by atoms with van der Waals surface area (Å²) >= 11 is 0. The van der Waals surface area contributed by atoms with Crippen molar-refractivity contribution in [2.24, 2.45) is 28.9 Å². The molecule has 3 aliphatic rings. The van der Waals surface area contributed by atoms with Gasteiger partial charge in [-0.15, -0.1) is 0 Å². The van der Waals surface area contributed by atoms with Gasteiger partial charge in [-0.1, -0.05) is 39.0 Å². The Hall–Kier alpha value is -3.78. The molecule has 1 fully saturated rings. The average molecular weight is 533 g/mol. The number of carbonyl (C=O) groups excluding carboxylic acids is 2. The van der Waals surface area contributed by atoms with Gasteiger partial charge in [-0.05, 0) is 71.9 Å². The minimum absolute atomic E-state index is 0.0398. The molecule has 7 N–H and O–H groups in total. The second-order valence-electron chi connectivity index (χ2n) is 12.5. The Kier molecular flexibility index (Phi) is 6.30. The number of fused-ring (bicyclic) bond motifs is 3. The highest BCUT2D eigenvalue weighted by atomic mass is 16.3. The zero-order valence-corrected chi connectivity index (χ0v) is 22.7. The van der Waals surface area contributed by atoms with Crippen molar-refractivity contribution in [3.8, 4) is 16.9 Å². The molecule has 0 heterocycles. The lowest BCUT2D eigenvalue weighted by atomic mass is 9.57. The number of primary amides is 1. The highest BCUT2D eigenvalue weighted by molar-refractivity contribution is 6.08. The number of rotatable bonds is 4. The van der Waals surface area contributed by atoms with Crippen molar-refractivity contribution in [2.45, 2.75) is 52.6 Å². The van der Waals surface area contributed by atoms with Gasteiger partial charge in [0.1, 0.15) is 22.9 Å². The first-order chi connectivity index (χ1) is 18.2. The van der Waals surface area contributed by atoms with Crippen LogP contribution in [0.4, 0.5) is 5.69 Å². The maximum absolute atomic E-state index is 13.8. The summed E-state index contributed by atoms with van der Waals surface area (Å²) in [7, 11) is 0. The number of phenols is 1. The molecule has 1 amide bonds. The quantitative estimate of drug-likeness (QED) is 0.336. The van der Waals surface area contributed by atoms with Crippen LogP contribution in [0, 0.1) is 23.2 Å². The summed E-state index contributed by atoms with van der Waals surface area (Å²) in [5, 5.41) is 47.4. The Morgan fingerprint density at radius 3 is 2.36 bits per heavy atom. The second kappa shape index (κ2) is 9.16. The number of Topliss-reactive ketones (excluding diaryl/α,β-unsaturated/α-hetero) is 1. The molecule has 0 saturated heterocycles. The van der Waals surface area contributed by atoms with Crippen LogP contribution < -0.4 is 11.1 Å². The number of aliphatic hydroxyl groups is 3. The van der Waals surface area contributed by atoms with E-state index in [4.69, 9.17) is 5.73 Å². The average Bonchev–Trinajstić information content (AvgIpc) is 2.81. The van der Waals surface area contributed by atoms with Crippen molar-refractivity contribution < 1.29 is 30.0 Å². The summed E-state index contributed by atoms with van der Waals surface area (Å²) in [5.41, 5.74) is 7.06. The van der Waals surface area contributed by atoms with Crippen LogP contribution in [0.2, 0.25) is 0 Å². The number of carbonyl (C=O) groups is 2. The third kappa shape index (κ3) is 4.46. The molecule has 8 nitrogen and oxygen atoms in total. The van der Waals surface area contributed by atoms with Crippen molar-refractivity contribution in [2.75, 3.05) is 11.9 Å². The molecule has 39 heavy (non-hydrogen) atoms. The molecule has 1 saturated carbocycles. The monoisotopic (exact) mass is 532 g/mol. The third-order valence-electron chi connectivity index (χ3n) is 8.37. The first kappa shape index (κ1) is 26.8. The Morgan fingerprint density at radius 1 is 1.08 bits per heavy atom. The summed E-state index contributed by atoms with van der Waals surface area (Å²) < 4.78 is 0. The van der Waals surface area contributed by atoms with E-state index in [2.05, 4.69) is 26.1 Å². The molecule has 2 aromatic rings. The van der Waals surface area contributed by atoms with Gasteiger partial charge >= 0.3 is 0 Å². The summed E-state index contributed by atoms with van der Waals surface area (Å²) in [5.74, 6) is -4.08. The fraction of sp³-hybridized carbons (Fsp3) is 0.419. The summed E-state index contributed by atoms with van der Waals surface area (Å²) in [6.07, 6.45) is 0.844. The van der Waals surface area contributed by atoms with Crippen LogP contribution >= 0.6 is 0 Å². The highest BCUT2D eigenvalue weighted by Gasteiger charge is 2.56. The van der Waals surface area contributed by atoms with Gasteiger partial charge in [0.15, 0.2) is 5.78 Å². The largest absolute Gasteiger partial charge is 0.512 e. The van der Waals surface area contributed by atoms with Crippen molar-refractivity contribution in [3.05, 3.63) is 64.4 Å². The van der Waals surface area contributed by atoms with Crippen molar-refractivity contribution in [1.29, 1.82) is 0 Å². The van der Waals surface area contributed by atoms with E-state index in [9.17, 15) is 30.0 Å². The maximum Gasteiger partial charge on any atom is 0.250 e. The van der Waals surface area contributed by atoms with Crippen LogP contribution in [-0.4, -0.2) is 44.3 Å². The normalized spacial score (nSPS) is 26.6. The minimum atomic E-state index is -1.99. The van der Waals surface area contributed by atoms with E-state index in [-0.39, 0.29) is 51.7 Å². The van der Waals surface area contributed by atoms with Crippen LogP contribution in [0.25, 0.3) is 16.9 Å². The lowest BCUT2D eigenvalue weighted by molar-refractivity contribution is -0.136. The molecule has 0 spiro atoms. The number of hydrogen-bond donors (Lipinski definition) is 6. The van der Waals surface area contributed by atoms with Crippen LogP contribution in [0.15, 0.2) is 53.3 Å². The van der Waals surface area contributed by atoms with Gasteiger partial charge in [-0.25, -0.2) is 0 Å². The summed E-state index contributed by atoms with van der Waals surface area (Å²) in [6.45, 7) is 8.60. The first-order valence-corrected chi connectivity index (χ1v) is 13.3. The van der Waals surface area contributed by atoms with Crippen LogP contribution in [0.1, 0.15) is 51.7 Å². The van der Waals surface area contributed by atoms with Gasteiger partial charge in [-0.3, -0.25) is 9.59 Å². The molecular formula is C31H36N2O6. The molecule has 3 unspecified atom stereocenters. The van der Waals surface area contributed by atoms with Gasteiger partial charge in [0, 0.05) is 24.2 Å². The number of nitrogens with one attached hydrogen (secondary N) is 1. The number of nitrogens with two attached hydrogens (primary N) is 1. The van der Waals surface area contributed by atoms with Gasteiger partial charge in [-0.2, -0.15) is 0 Å². The number of aliphatic hydroxyl groups excluding tert-OH is 2. The van der Waals surface area contributed by atoms with E-state index in [1.807, 2.05) is 30.3 Å². The molecule has 0 radical (unpaired) electrons. The van der Waals surface area contributed by atoms with Gasteiger partial charge in [0.25, 0.3) is 5.91 Å². The fourth-order valence-corrected chi connectivity index (χ4v) is 6.70. The molecule has 206 valence electrons. The van der Waals surface area contributed by atoms with Crippen molar-refractivity contribution in [3.63, 3.8) is 0 Å². The zero-order valence-electron chi connectivity index (χ0n) is 22.7. The van der Waals surface area contributed by atoms with Crippen LogP contribution in [0.5, 0.6) is 5.75 Å². The molecule has 8 heteroatoms. The molecule has 0 aliphatic heterocycles. The smallest absolute Gasteiger partial charge is 0.250 e. The third-order valence-corrected chi connectivity index (χ3v) is 8.37. The van der Waals surface area contributed by atoms with Gasteiger partial charge < -0.3 is 31.5 Å². The van der Waals surface area contributed by atoms with E-state index in [1.165, 1.54) is 13.0 Å². The van der Waals surface area contributed by atoms with Crippen LogP contribution in [0.3, 0.4) is 0 Å².